The molecule has 20 heavy (non-hydrogen) atoms. The van der Waals surface area contributed by atoms with Crippen molar-refractivity contribution in [3.8, 4) is 6.07 Å². The summed E-state index contributed by atoms with van der Waals surface area (Å²) in [6.45, 7) is 6.81. The second kappa shape index (κ2) is 6.82. The van der Waals surface area contributed by atoms with Gasteiger partial charge in [-0.2, -0.15) is 5.26 Å². The van der Waals surface area contributed by atoms with Crippen molar-refractivity contribution >= 4 is 11.5 Å². The van der Waals surface area contributed by atoms with E-state index < -0.39 is 4.92 Å². The fraction of sp³-hybridized carbons (Fsp3) is 0.538. The van der Waals surface area contributed by atoms with Gasteiger partial charge >= 0.3 is 0 Å². The molecule has 1 aromatic heterocycles. The van der Waals surface area contributed by atoms with Crippen LogP contribution < -0.4 is 4.90 Å². The first-order valence-electron chi connectivity index (χ1n) is 6.33. The third-order valence-corrected chi connectivity index (χ3v) is 3.07. The van der Waals surface area contributed by atoms with E-state index in [-0.39, 0.29) is 23.4 Å². The lowest BCUT2D eigenvalue weighted by Crippen LogP contribution is -2.25. The SMILES string of the molecule is CCN(CC)c1nc(C)c([N+](=O)[O-])c(COC)c1C#N. The quantitative estimate of drug-likeness (QED) is 0.584. The molecule has 0 aliphatic heterocycles. The maximum atomic E-state index is 11.2. The van der Waals surface area contributed by atoms with Crippen molar-refractivity contribution < 1.29 is 9.66 Å². The van der Waals surface area contributed by atoms with E-state index in [2.05, 4.69) is 4.98 Å². The Morgan fingerprint density at radius 2 is 2.05 bits per heavy atom. The van der Waals surface area contributed by atoms with Gasteiger partial charge in [-0.15, -0.1) is 0 Å². The fourth-order valence-corrected chi connectivity index (χ4v) is 2.14. The smallest absolute Gasteiger partial charge is 0.297 e. The number of pyridine rings is 1. The molecule has 0 amide bonds. The van der Waals surface area contributed by atoms with Gasteiger partial charge in [-0.05, 0) is 20.8 Å². The minimum absolute atomic E-state index is 0.0107. The van der Waals surface area contributed by atoms with Gasteiger partial charge < -0.3 is 9.64 Å². The van der Waals surface area contributed by atoms with E-state index in [9.17, 15) is 15.4 Å². The van der Waals surface area contributed by atoms with E-state index in [4.69, 9.17) is 4.74 Å². The second-order valence-corrected chi connectivity index (χ2v) is 4.20. The topological polar surface area (TPSA) is 92.3 Å². The molecule has 108 valence electrons. The molecular formula is C13H18N4O3. The molecule has 0 radical (unpaired) electrons. The van der Waals surface area contributed by atoms with Crippen LogP contribution in [0.3, 0.4) is 0 Å². The van der Waals surface area contributed by atoms with Crippen LogP contribution in [0.15, 0.2) is 0 Å². The Kier molecular flexibility index (Phi) is 5.41. The zero-order chi connectivity index (χ0) is 15.3. The summed E-state index contributed by atoms with van der Waals surface area (Å²) >= 11 is 0. The number of nitriles is 1. The summed E-state index contributed by atoms with van der Waals surface area (Å²) in [7, 11) is 1.44. The van der Waals surface area contributed by atoms with Gasteiger partial charge in [0.1, 0.15) is 23.1 Å². The van der Waals surface area contributed by atoms with Crippen molar-refractivity contribution in [3.63, 3.8) is 0 Å². The van der Waals surface area contributed by atoms with Crippen molar-refractivity contribution in [2.45, 2.75) is 27.4 Å². The second-order valence-electron chi connectivity index (χ2n) is 4.20. The van der Waals surface area contributed by atoms with E-state index in [1.54, 1.807) is 6.92 Å². The van der Waals surface area contributed by atoms with Gasteiger partial charge in [-0.25, -0.2) is 4.98 Å². The average molecular weight is 278 g/mol. The van der Waals surface area contributed by atoms with Crippen LogP contribution in [0, 0.1) is 28.4 Å². The maximum absolute atomic E-state index is 11.2. The molecule has 0 saturated heterocycles. The van der Waals surface area contributed by atoms with Gasteiger partial charge in [-0.3, -0.25) is 10.1 Å². The molecule has 0 unspecified atom stereocenters. The maximum Gasteiger partial charge on any atom is 0.297 e. The van der Waals surface area contributed by atoms with E-state index in [0.717, 1.165) is 0 Å². The van der Waals surface area contributed by atoms with Crippen molar-refractivity contribution in [2.75, 3.05) is 25.1 Å². The van der Waals surface area contributed by atoms with Crippen molar-refractivity contribution in [2.24, 2.45) is 0 Å². The van der Waals surface area contributed by atoms with Crippen LogP contribution in [-0.4, -0.2) is 30.1 Å². The molecule has 1 rings (SSSR count). The number of nitro groups is 1. The molecule has 0 bridgehead atoms. The van der Waals surface area contributed by atoms with Crippen molar-refractivity contribution in [1.29, 1.82) is 5.26 Å². The highest BCUT2D eigenvalue weighted by Crippen LogP contribution is 2.31. The van der Waals surface area contributed by atoms with Gasteiger partial charge in [0.2, 0.25) is 0 Å². The lowest BCUT2D eigenvalue weighted by atomic mass is 10.1. The number of rotatable bonds is 6. The highest BCUT2D eigenvalue weighted by molar-refractivity contribution is 5.65. The Morgan fingerprint density at radius 1 is 1.45 bits per heavy atom. The molecule has 0 aliphatic carbocycles. The van der Waals surface area contributed by atoms with Crippen LogP contribution in [0.2, 0.25) is 0 Å². The summed E-state index contributed by atoms with van der Waals surface area (Å²) in [5, 5.41) is 20.6. The third kappa shape index (κ3) is 2.86. The number of aryl methyl sites for hydroxylation is 1. The van der Waals surface area contributed by atoms with Gasteiger partial charge in [0, 0.05) is 20.2 Å². The zero-order valence-electron chi connectivity index (χ0n) is 12.1. The largest absolute Gasteiger partial charge is 0.380 e. The molecule has 0 N–H and O–H groups in total. The normalized spacial score (nSPS) is 10.2. The fourth-order valence-electron chi connectivity index (χ4n) is 2.14. The van der Waals surface area contributed by atoms with Gasteiger partial charge in [0.15, 0.2) is 0 Å². The molecule has 0 saturated carbocycles. The summed E-state index contributed by atoms with van der Waals surface area (Å²) in [6, 6.07) is 2.03. The first-order chi connectivity index (χ1) is 9.51. The Labute approximate surface area is 117 Å². The van der Waals surface area contributed by atoms with E-state index in [0.29, 0.717) is 24.6 Å². The first-order valence-corrected chi connectivity index (χ1v) is 6.33. The summed E-state index contributed by atoms with van der Waals surface area (Å²) in [5.41, 5.74) is 0.657. The number of hydrogen-bond donors (Lipinski definition) is 0. The zero-order valence-corrected chi connectivity index (χ0v) is 12.1. The van der Waals surface area contributed by atoms with Crippen LogP contribution >= 0.6 is 0 Å². The van der Waals surface area contributed by atoms with Crippen molar-refractivity contribution in [3.05, 3.63) is 26.9 Å². The Morgan fingerprint density at radius 3 is 2.45 bits per heavy atom. The predicted molar refractivity (Wildman–Crippen MR) is 74.6 cm³/mol. The molecule has 7 nitrogen and oxygen atoms in total. The van der Waals surface area contributed by atoms with Gasteiger partial charge in [0.25, 0.3) is 5.69 Å². The molecule has 1 aromatic rings. The highest BCUT2D eigenvalue weighted by atomic mass is 16.6. The number of hydrogen-bond acceptors (Lipinski definition) is 6. The summed E-state index contributed by atoms with van der Waals surface area (Å²) < 4.78 is 5.02. The first kappa shape index (κ1) is 15.9. The minimum Gasteiger partial charge on any atom is -0.380 e. The monoisotopic (exact) mass is 278 g/mol. The standard InChI is InChI=1S/C13H18N4O3/c1-5-16(6-2)13-10(7-14)11(8-20-4)12(17(18)19)9(3)15-13/h5-6,8H2,1-4H3. The van der Waals surface area contributed by atoms with Gasteiger partial charge in [0.05, 0.1) is 17.1 Å². The van der Waals surface area contributed by atoms with Crippen LogP contribution in [0.4, 0.5) is 11.5 Å². The molecule has 0 atom stereocenters. The number of ether oxygens (including phenoxy) is 1. The number of anilines is 1. The lowest BCUT2D eigenvalue weighted by Gasteiger charge is -2.22. The van der Waals surface area contributed by atoms with Crippen LogP contribution in [0.1, 0.15) is 30.7 Å². The van der Waals surface area contributed by atoms with Crippen molar-refractivity contribution in [1.82, 2.24) is 4.98 Å². The average Bonchev–Trinajstić information content (AvgIpc) is 2.40. The van der Waals surface area contributed by atoms with Crippen LogP contribution in [0.5, 0.6) is 0 Å². The molecule has 0 fully saturated rings. The number of methoxy groups -OCH3 is 1. The minimum atomic E-state index is -0.510. The number of aromatic nitrogens is 1. The Balaban J connectivity index is 3.66. The Bertz CT molecular complexity index is 548. The van der Waals surface area contributed by atoms with Crippen LogP contribution in [-0.2, 0) is 11.3 Å². The predicted octanol–water partition coefficient (Wildman–Crippen LogP) is 2.16. The lowest BCUT2D eigenvalue weighted by molar-refractivity contribution is -0.386. The Hall–Kier alpha value is -2.20. The van der Waals surface area contributed by atoms with E-state index in [1.807, 2.05) is 24.8 Å². The molecule has 7 heteroatoms. The number of nitrogens with zero attached hydrogens (tertiary/aromatic N) is 4. The van der Waals surface area contributed by atoms with Gasteiger partial charge in [-0.1, -0.05) is 0 Å². The molecule has 0 aliphatic rings. The molecule has 1 heterocycles. The van der Waals surface area contributed by atoms with Crippen LogP contribution in [0.25, 0.3) is 0 Å². The summed E-state index contributed by atoms with van der Waals surface area (Å²) in [4.78, 5) is 16.8. The molecule has 0 aromatic carbocycles. The molecule has 0 spiro atoms. The highest BCUT2D eigenvalue weighted by Gasteiger charge is 2.27. The summed E-state index contributed by atoms with van der Waals surface area (Å²) in [5.74, 6) is 0.479. The summed E-state index contributed by atoms with van der Waals surface area (Å²) in [6.07, 6.45) is 0. The molecular weight excluding hydrogens is 260 g/mol. The van der Waals surface area contributed by atoms with E-state index >= 15 is 0 Å². The van der Waals surface area contributed by atoms with E-state index in [1.165, 1.54) is 7.11 Å². The third-order valence-electron chi connectivity index (χ3n) is 3.07.